The fourth-order valence-corrected chi connectivity index (χ4v) is 3.54. The fourth-order valence-electron chi connectivity index (χ4n) is 3.54. The molecule has 14 heteroatoms. The minimum atomic E-state index is -2.74. The Morgan fingerprint density at radius 2 is 1.89 bits per heavy atom. The summed E-state index contributed by atoms with van der Waals surface area (Å²) < 4.78 is 0. The van der Waals surface area contributed by atoms with E-state index < -0.39 is 36.4 Å². The number of carbonyl (C=O) groups excluding carboxylic acids is 1. The molecule has 35 heavy (non-hydrogen) atoms. The third-order valence-electron chi connectivity index (χ3n) is 5.50. The smallest absolute Gasteiger partial charge is 0.336 e. The second-order valence-electron chi connectivity index (χ2n) is 8.13. The highest BCUT2D eigenvalue weighted by molar-refractivity contribution is 5.88. The topological polar surface area (TPSA) is 230 Å². The Balaban J connectivity index is 0.000000287. The number of carbonyl (C=O) groups is 4. The van der Waals surface area contributed by atoms with Crippen molar-refractivity contribution in [3.05, 3.63) is 18.6 Å². The van der Waals surface area contributed by atoms with Gasteiger partial charge in [0, 0.05) is 25.3 Å². The molecule has 2 atom stereocenters. The molecule has 3 rings (SSSR count). The lowest BCUT2D eigenvalue weighted by atomic mass is 9.93. The molecular formula is C21H26N6O8. The molecule has 3 heterocycles. The first-order valence-corrected chi connectivity index (χ1v) is 10.6. The van der Waals surface area contributed by atoms with E-state index in [1.54, 1.807) is 4.90 Å². The maximum absolute atomic E-state index is 11.9. The Bertz CT molecular complexity index is 1110. The number of anilines is 1. The number of fused-ring (bicyclic) bond motifs is 1. The van der Waals surface area contributed by atoms with E-state index in [0.717, 1.165) is 23.3 Å². The van der Waals surface area contributed by atoms with Gasteiger partial charge >= 0.3 is 17.9 Å². The van der Waals surface area contributed by atoms with Gasteiger partial charge in [0.15, 0.2) is 5.60 Å². The maximum atomic E-state index is 11.9. The Morgan fingerprint density at radius 1 is 1.23 bits per heavy atom. The van der Waals surface area contributed by atoms with Crippen LogP contribution in [-0.4, -0.2) is 88.8 Å². The number of piperidine rings is 1. The molecule has 188 valence electrons. The van der Waals surface area contributed by atoms with E-state index in [0.29, 0.717) is 19.0 Å². The van der Waals surface area contributed by atoms with Crippen molar-refractivity contribution in [2.24, 2.45) is 5.92 Å². The SMILES string of the molecule is CC1CCN(C(=O)CC#N)CC1Nc1ncnc2[nH]ccc12.O=C(O)CC(O)(CC(=O)O)C(=O)O. The van der Waals surface area contributed by atoms with Gasteiger partial charge in [-0.25, -0.2) is 14.8 Å². The summed E-state index contributed by atoms with van der Waals surface area (Å²) in [6.07, 6.45) is 1.92. The van der Waals surface area contributed by atoms with E-state index in [1.807, 2.05) is 18.3 Å². The van der Waals surface area contributed by atoms with Crippen molar-refractivity contribution < 1.29 is 39.6 Å². The van der Waals surface area contributed by atoms with Crippen LogP contribution >= 0.6 is 0 Å². The van der Waals surface area contributed by atoms with Crippen molar-refractivity contribution in [1.29, 1.82) is 5.26 Å². The zero-order chi connectivity index (χ0) is 26.2. The number of amides is 1. The third-order valence-corrected chi connectivity index (χ3v) is 5.50. The van der Waals surface area contributed by atoms with Crippen LogP contribution in [0.25, 0.3) is 11.0 Å². The molecule has 0 radical (unpaired) electrons. The molecule has 1 fully saturated rings. The van der Waals surface area contributed by atoms with Crippen LogP contribution in [0.2, 0.25) is 0 Å². The van der Waals surface area contributed by atoms with Gasteiger partial charge in [-0.05, 0) is 18.4 Å². The summed E-state index contributed by atoms with van der Waals surface area (Å²) in [7, 11) is 0. The minimum absolute atomic E-state index is 0.0589. The number of likely N-dealkylation sites (tertiary alicyclic amines) is 1. The van der Waals surface area contributed by atoms with Gasteiger partial charge in [0.2, 0.25) is 5.91 Å². The summed E-state index contributed by atoms with van der Waals surface area (Å²) in [6, 6.07) is 3.97. The van der Waals surface area contributed by atoms with Gasteiger partial charge in [-0.2, -0.15) is 5.26 Å². The number of aromatic nitrogens is 3. The lowest BCUT2D eigenvalue weighted by Crippen LogP contribution is -2.49. The quantitative estimate of drug-likeness (QED) is 0.293. The predicted octanol–water partition coefficient (Wildman–Crippen LogP) is 0.272. The number of aromatic amines is 1. The van der Waals surface area contributed by atoms with Crippen LogP contribution in [0.3, 0.4) is 0 Å². The summed E-state index contributed by atoms with van der Waals surface area (Å²) in [5, 5.41) is 46.9. The molecule has 1 saturated heterocycles. The summed E-state index contributed by atoms with van der Waals surface area (Å²) in [5.74, 6) is -3.92. The molecule has 2 aromatic rings. The number of H-pyrrole nitrogens is 1. The number of carboxylic acid groups (broad SMARTS) is 3. The Hall–Kier alpha value is -4.25. The summed E-state index contributed by atoms with van der Waals surface area (Å²) in [4.78, 5) is 55.7. The molecule has 14 nitrogen and oxygen atoms in total. The average molecular weight is 490 g/mol. The highest BCUT2D eigenvalue weighted by Crippen LogP contribution is 2.24. The van der Waals surface area contributed by atoms with Crippen molar-refractivity contribution in [2.45, 2.75) is 44.2 Å². The van der Waals surface area contributed by atoms with Gasteiger partial charge in [-0.15, -0.1) is 0 Å². The van der Waals surface area contributed by atoms with Crippen LogP contribution in [0.5, 0.6) is 0 Å². The van der Waals surface area contributed by atoms with Gasteiger partial charge in [-0.1, -0.05) is 6.92 Å². The number of nitrogens with zero attached hydrogens (tertiary/aromatic N) is 4. The number of nitriles is 1. The molecule has 2 aromatic heterocycles. The van der Waals surface area contributed by atoms with Crippen LogP contribution in [0, 0.1) is 17.2 Å². The highest BCUT2D eigenvalue weighted by Gasteiger charge is 2.40. The molecule has 1 aliphatic rings. The van der Waals surface area contributed by atoms with Crippen molar-refractivity contribution in [1.82, 2.24) is 19.9 Å². The van der Waals surface area contributed by atoms with Crippen LogP contribution in [0.4, 0.5) is 5.82 Å². The van der Waals surface area contributed by atoms with Gasteiger partial charge in [0.25, 0.3) is 0 Å². The van der Waals surface area contributed by atoms with E-state index in [1.165, 1.54) is 6.33 Å². The fraction of sp³-hybridized carbons (Fsp3) is 0.476. The number of carboxylic acids is 3. The monoisotopic (exact) mass is 490 g/mol. The van der Waals surface area contributed by atoms with Gasteiger partial charge < -0.3 is 35.6 Å². The van der Waals surface area contributed by atoms with E-state index in [9.17, 15) is 19.2 Å². The van der Waals surface area contributed by atoms with E-state index in [-0.39, 0.29) is 18.4 Å². The van der Waals surface area contributed by atoms with Crippen LogP contribution in [0.15, 0.2) is 18.6 Å². The van der Waals surface area contributed by atoms with Crippen molar-refractivity contribution >= 4 is 40.7 Å². The third kappa shape index (κ3) is 7.37. The van der Waals surface area contributed by atoms with Crippen molar-refractivity contribution in [2.75, 3.05) is 18.4 Å². The second kappa shape index (κ2) is 11.7. The normalized spacial score (nSPS) is 17.6. The van der Waals surface area contributed by atoms with Crippen molar-refractivity contribution in [3.8, 4) is 6.07 Å². The van der Waals surface area contributed by atoms with Gasteiger partial charge in [0.05, 0.1) is 24.3 Å². The second-order valence-corrected chi connectivity index (χ2v) is 8.13. The molecule has 0 aromatic carbocycles. The average Bonchev–Trinajstić information content (AvgIpc) is 3.24. The zero-order valence-electron chi connectivity index (χ0n) is 18.8. The van der Waals surface area contributed by atoms with E-state index in [4.69, 9.17) is 25.7 Å². The molecule has 6 N–H and O–H groups in total. The van der Waals surface area contributed by atoms with Gasteiger partial charge in [0.1, 0.15) is 24.2 Å². The lowest BCUT2D eigenvalue weighted by Gasteiger charge is -2.37. The molecule has 0 saturated carbocycles. The summed E-state index contributed by atoms with van der Waals surface area (Å²) in [5.41, 5.74) is -1.95. The number of rotatable bonds is 8. The molecule has 0 bridgehead atoms. The minimum Gasteiger partial charge on any atom is -0.481 e. The largest absolute Gasteiger partial charge is 0.481 e. The van der Waals surface area contributed by atoms with Gasteiger partial charge in [-0.3, -0.25) is 14.4 Å². The standard InChI is InChI=1S/C15H18N6O.C6H8O7/c1-10-4-7-21(13(22)2-5-16)8-12(10)20-15-11-3-6-17-14(11)18-9-19-15;7-3(8)1-6(13,5(11)12)2-4(9)10/h3,6,9-10,12H,2,4,7-8H2,1H3,(H2,17,18,19,20);13H,1-2H2,(H,7,8)(H,9,10)(H,11,12). The Kier molecular flexibility index (Phi) is 9.06. The Morgan fingerprint density at radius 3 is 2.46 bits per heavy atom. The number of hydrogen-bond acceptors (Lipinski definition) is 9. The molecule has 1 aliphatic heterocycles. The number of aliphatic carboxylic acids is 3. The van der Waals surface area contributed by atoms with E-state index >= 15 is 0 Å². The van der Waals surface area contributed by atoms with Crippen LogP contribution in [0.1, 0.15) is 32.6 Å². The Labute approximate surface area is 199 Å². The highest BCUT2D eigenvalue weighted by atomic mass is 16.4. The lowest BCUT2D eigenvalue weighted by molar-refractivity contribution is -0.170. The first-order chi connectivity index (χ1) is 16.5. The maximum Gasteiger partial charge on any atom is 0.336 e. The number of nitrogens with one attached hydrogen (secondary N) is 2. The first-order valence-electron chi connectivity index (χ1n) is 10.6. The van der Waals surface area contributed by atoms with E-state index in [2.05, 4.69) is 27.2 Å². The number of aliphatic hydroxyl groups is 1. The van der Waals surface area contributed by atoms with Crippen LogP contribution in [-0.2, 0) is 19.2 Å². The zero-order valence-corrected chi connectivity index (χ0v) is 18.8. The molecular weight excluding hydrogens is 464 g/mol. The number of hydrogen-bond donors (Lipinski definition) is 6. The predicted molar refractivity (Wildman–Crippen MR) is 119 cm³/mol. The first kappa shape index (κ1) is 27.0. The summed E-state index contributed by atoms with van der Waals surface area (Å²) in [6.45, 7) is 3.47. The molecule has 1 amide bonds. The molecule has 2 unspecified atom stereocenters. The molecule has 0 aliphatic carbocycles. The molecule has 0 spiro atoms. The van der Waals surface area contributed by atoms with Crippen LogP contribution < -0.4 is 5.32 Å². The van der Waals surface area contributed by atoms with Crippen molar-refractivity contribution in [3.63, 3.8) is 0 Å². The summed E-state index contributed by atoms with van der Waals surface area (Å²) >= 11 is 0.